The molecule has 1 saturated heterocycles. The monoisotopic (exact) mass is 207 g/mol. The van der Waals surface area contributed by atoms with Gasteiger partial charge in [-0.25, -0.2) is 0 Å². The average Bonchev–Trinajstić information content (AvgIpc) is 2.70. The van der Waals surface area contributed by atoms with Gasteiger partial charge < -0.3 is 15.2 Å². The number of nitrogens with one attached hydrogen (secondary N) is 1. The highest BCUT2D eigenvalue weighted by Gasteiger charge is 2.23. The molecule has 0 spiro atoms. The second-order valence-electron chi connectivity index (χ2n) is 3.54. The smallest absolute Gasteiger partial charge is 0.253 e. The van der Waals surface area contributed by atoms with Crippen molar-refractivity contribution in [2.75, 3.05) is 11.9 Å². The summed E-state index contributed by atoms with van der Waals surface area (Å²) in [5.41, 5.74) is 0.593. The summed E-state index contributed by atoms with van der Waals surface area (Å²) in [5.74, 6) is -0.00163. The molecule has 1 atom stereocenters. The molecule has 0 bridgehead atoms. The van der Waals surface area contributed by atoms with Crippen molar-refractivity contribution in [2.45, 2.75) is 18.9 Å². The van der Waals surface area contributed by atoms with Gasteiger partial charge in [0, 0.05) is 18.4 Å². The molecule has 4 nitrogen and oxygen atoms in total. The first-order chi connectivity index (χ1) is 7.25. The third-order valence-electron chi connectivity index (χ3n) is 2.34. The number of amides is 1. The van der Waals surface area contributed by atoms with E-state index < -0.39 is 0 Å². The number of carbonyl (C=O) groups is 1. The van der Waals surface area contributed by atoms with Crippen LogP contribution in [0.25, 0.3) is 0 Å². The number of hydrogen-bond donors (Lipinski definition) is 2. The fourth-order valence-electron chi connectivity index (χ4n) is 1.59. The lowest BCUT2D eigenvalue weighted by Gasteiger charge is -2.10. The Morgan fingerprint density at radius 1 is 1.53 bits per heavy atom. The van der Waals surface area contributed by atoms with Crippen LogP contribution in [0, 0.1) is 0 Å². The van der Waals surface area contributed by atoms with Crippen molar-refractivity contribution >= 4 is 11.6 Å². The number of hydrogen-bond acceptors (Lipinski definition) is 3. The summed E-state index contributed by atoms with van der Waals surface area (Å²) in [6.07, 6.45) is 1.36. The van der Waals surface area contributed by atoms with Crippen LogP contribution in [-0.4, -0.2) is 23.7 Å². The number of anilines is 1. The minimum atomic E-state index is -0.340. The molecule has 1 aromatic rings. The number of carbonyl (C=O) groups excluding carboxylic acids is 1. The van der Waals surface area contributed by atoms with Crippen LogP contribution in [0.3, 0.4) is 0 Å². The van der Waals surface area contributed by atoms with Crippen LogP contribution in [0.2, 0.25) is 0 Å². The van der Waals surface area contributed by atoms with E-state index in [1.807, 2.05) is 0 Å². The minimum absolute atomic E-state index is 0.139. The van der Waals surface area contributed by atoms with E-state index in [2.05, 4.69) is 5.32 Å². The van der Waals surface area contributed by atoms with E-state index in [1.165, 1.54) is 6.07 Å². The highest BCUT2D eigenvalue weighted by atomic mass is 16.5. The lowest BCUT2D eigenvalue weighted by Crippen LogP contribution is -2.26. The summed E-state index contributed by atoms with van der Waals surface area (Å²) in [5, 5.41) is 11.9. The summed E-state index contributed by atoms with van der Waals surface area (Å²) >= 11 is 0. The zero-order chi connectivity index (χ0) is 10.7. The molecule has 1 aliphatic rings. The quantitative estimate of drug-likeness (QED) is 0.772. The molecule has 0 aliphatic carbocycles. The maximum absolute atomic E-state index is 11.6. The minimum Gasteiger partial charge on any atom is -0.508 e. The molecule has 1 aliphatic heterocycles. The molecule has 2 rings (SSSR count). The molecule has 0 saturated carbocycles. The van der Waals surface area contributed by atoms with Crippen LogP contribution in [-0.2, 0) is 9.53 Å². The Kier molecular flexibility index (Phi) is 2.87. The molecule has 1 fully saturated rings. The molecule has 1 heterocycles. The second-order valence-corrected chi connectivity index (χ2v) is 3.54. The van der Waals surface area contributed by atoms with Crippen molar-refractivity contribution in [3.05, 3.63) is 24.3 Å². The predicted molar refractivity (Wildman–Crippen MR) is 55.7 cm³/mol. The fraction of sp³-hybridized carbons (Fsp3) is 0.364. The Bertz CT molecular complexity index is 359. The lowest BCUT2D eigenvalue weighted by molar-refractivity contribution is -0.124. The zero-order valence-corrected chi connectivity index (χ0v) is 8.27. The normalized spacial score (nSPS) is 20.1. The highest BCUT2D eigenvalue weighted by molar-refractivity contribution is 5.94. The second kappa shape index (κ2) is 4.31. The molecular weight excluding hydrogens is 194 g/mol. The Labute approximate surface area is 87.9 Å². The number of phenolic OH excluding ortho intramolecular Hbond substituents is 1. The Morgan fingerprint density at radius 2 is 2.40 bits per heavy atom. The molecule has 4 heteroatoms. The number of phenols is 1. The lowest BCUT2D eigenvalue weighted by atomic mass is 10.2. The van der Waals surface area contributed by atoms with Crippen molar-refractivity contribution in [2.24, 2.45) is 0 Å². The predicted octanol–water partition coefficient (Wildman–Crippen LogP) is 1.51. The maximum Gasteiger partial charge on any atom is 0.253 e. The molecular formula is C11H13NO3. The van der Waals surface area contributed by atoms with Gasteiger partial charge in [-0.05, 0) is 25.0 Å². The van der Waals surface area contributed by atoms with Gasteiger partial charge in [-0.2, -0.15) is 0 Å². The Morgan fingerprint density at radius 3 is 3.07 bits per heavy atom. The highest BCUT2D eigenvalue weighted by Crippen LogP contribution is 2.18. The van der Waals surface area contributed by atoms with Crippen LogP contribution in [0.15, 0.2) is 24.3 Å². The standard InChI is InChI=1S/C11H13NO3/c13-9-4-1-3-8(7-9)12-11(14)10-5-2-6-15-10/h1,3-4,7,10,13H,2,5-6H2,(H,12,14)/t10-/m1/s1. The molecule has 2 N–H and O–H groups in total. The first-order valence-corrected chi connectivity index (χ1v) is 4.97. The Balaban J connectivity index is 1.99. The third-order valence-corrected chi connectivity index (χ3v) is 2.34. The summed E-state index contributed by atoms with van der Waals surface area (Å²) in [4.78, 5) is 11.6. The van der Waals surface area contributed by atoms with E-state index in [0.717, 1.165) is 12.8 Å². The van der Waals surface area contributed by atoms with Crippen molar-refractivity contribution in [1.82, 2.24) is 0 Å². The van der Waals surface area contributed by atoms with E-state index >= 15 is 0 Å². The fourth-order valence-corrected chi connectivity index (χ4v) is 1.59. The summed E-state index contributed by atoms with van der Waals surface area (Å²) in [6, 6.07) is 6.47. The summed E-state index contributed by atoms with van der Waals surface area (Å²) in [7, 11) is 0. The van der Waals surface area contributed by atoms with Gasteiger partial charge in [0.25, 0.3) is 5.91 Å². The van der Waals surface area contributed by atoms with Gasteiger partial charge in [-0.15, -0.1) is 0 Å². The van der Waals surface area contributed by atoms with Crippen molar-refractivity contribution < 1.29 is 14.6 Å². The molecule has 0 unspecified atom stereocenters. The molecule has 80 valence electrons. The largest absolute Gasteiger partial charge is 0.508 e. The van der Waals surface area contributed by atoms with Crippen LogP contribution in [0.1, 0.15) is 12.8 Å². The number of ether oxygens (including phenoxy) is 1. The van der Waals surface area contributed by atoms with Gasteiger partial charge in [0.2, 0.25) is 0 Å². The molecule has 1 aromatic carbocycles. The van der Waals surface area contributed by atoms with E-state index in [-0.39, 0.29) is 17.8 Å². The van der Waals surface area contributed by atoms with Gasteiger partial charge in [0.1, 0.15) is 11.9 Å². The van der Waals surface area contributed by atoms with Crippen molar-refractivity contribution in [3.63, 3.8) is 0 Å². The van der Waals surface area contributed by atoms with Crippen molar-refractivity contribution in [1.29, 1.82) is 0 Å². The van der Waals surface area contributed by atoms with Gasteiger partial charge in [0.05, 0.1) is 0 Å². The van der Waals surface area contributed by atoms with Gasteiger partial charge >= 0.3 is 0 Å². The van der Waals surface area contributed by atoms with Gasteiger partial charge in [-0.3, -0.25) is 4.79 Å². The summed E-state index contributed by atoms with van der Waals surface area (Å²) in [6.45, 7) is 0.651. The molecule has 0 radical (unpaired) electrons. The maximum atomic E-state index is 11.6. The van der Waals surface area contributed by atoms with Crippen LogP contribution in [0.4, 0.5) is 5.69 Å². The number of rotatable bonds is 2. The SMILES string of the molecule is O=C(Nc1cccc(O)c1)[C@H]1CCCO1. The Hall–Kier alpha value is -1.55. The first kappa shape index (κ1) is 9.98. The van der Waals surface area contributed by atoms with Crippen molar-refractivity contribution in [3.8, 4) is 5.75 Å². The van der Waals surface area contributed by atoms with Gasteiger partial charge in [-0.1, -0.05) is 6.07 Å². The summed E-state index contributed by atoms with van der Waals surface area (Å²) < 4.78 is 5.24. The average molecular weight is 207 g/mol. The van der Waals surface area contributed by atoms with Crippen LogP contribution < -0.4 is 5.32 Å². The molecule has 1 amide bonds. The van der Waals surface area contributed by atoms with Gasteiger partial charge in [0.15, 0.2) is 0 Å². The number of aromatic hydroxyl groups is 1. The first-order valence-electron chi connectivity index (χ1n) is 4.97. The number of benzene rings is 1. The zero-order valence-electron chi connectivity index (χ0n) is 8.27. The van der Waals surface area contributed by atoms with E-state index in [4.69, 9.17) is 4.74 Å². The van der Waals surface area contributed by atoms with E-state index in [0.29, 0.717) is 12.3 Å². The van der Waals surface area contributed by atoms with E-state index in [9.17, 15) is 9.90 Å². The van der Waals surface area contributed by atoms with Crippen LogP contribution >= 0.6 is 0 Å². The third kappa shape index (κ3) is 2.47. The van der Waals surface area contributed by atoms with E-state index in [1.54, 1.807) is 18.2 Å². The topological polar surface area (TPSA) is 58.6 Å². The molecule has 0 aromatic heterocycles. The molecule has 15 heavy (non-hydrogen) atoms. The van der Waals surface area contributed by atoms with Crippen LogP contribution in [0.5, 0.6) is 5.75 Å².